The van der Waals surface area contributed by atoms with E-state index in [1.54, 1.807) is 0 Å². The number of rotatable bonds is 5. The van der Waals surface area contributed by atoms with E-state index in [1.165, 1.54) is 31.4 Å². The molecule has 5 nitrogen and oxygen atoms in total. The molecule has 0 bridgehead atoms. The van der Waals surface area contributed by atoms with Gasteiger partial charge in [-0.1, -0.05) is 11.6 Å². The summed E-state index contributed by atoms with van der Waals surface area (Å²) in [6, 6.07) is 6.53. The second-order valence-electron chi connectivity index (χ2n) is 5.91. The van der Waals surface area contributed by atoms with E-state index in [-0.39, 0.29) is 22.5 Å². The van der Waals surface area contributed by atoms with Crippen LogP contribution in [0.2, 0.25) is 5.02 Å². The number of hydrogen-bond donors (Lipinski definition) is 2. The summed E-state index contributed by atoms with van der Waals surface area (Å²) >= 11 is 5.83. The van der Waals surface area contributed by atoms with Gasteiger partial charge in [-0.25, -0.2) is 0 Å². The lowest BCUT2D eigenvalue weighted by Gasteiger charge is -2.14. The lowest BCUT2D eigenvalue weighted by Crippen LogP contribution is -2.15. The number of carbonyl (C=O) groups is 1. The molecule has 0 spiro atoms. The van der Waals surface area contributed by atoms with Gasteiger partial charge in [-0.3, -0.25) is 4.79 Å². The zero-order valence-corrected chi connectivity index (χ0v) is 16.2. The standard InChI is InChI=1S/C19H12ClF6N3O2/c1-31-16-3-2-13(20)7-15(16)29-17(30)10(8-27)9-28-14-5-11(18(21,22)23)4-12(6-14)19(24,25)26/h2-7,9,28H,1H3,(H,29,30)/b10-9-. The average Bonchev–Trinajstić information content (AvgIpc) is 2.67. The van der Waals surface area contributed by atoms with Gasteiger partial charge >= 0.3 is 12.4 Å². The summed E-state index contributed by atoms with van der Waals surface area (Å²) in [5, 5.41) is 13.8. The number of halogens is 7. The molecule has 164 valence electrons. The molecule has 0 radical (unpaired) electrons. The molecule has 2 rings (SSSR count). The van der Waals surface area contributed by atoms with Gasteiger partial charge < -0.3 is 15.4 Å². The molecular weight excluding hydrogens is 452 g/mol. The Balaban J connectivity index is 2.33. The number of hydrogen-bond acceptors (Lipinski definition) is 4. The topological polar surface area (TPSA) is 74.1 Å². The van der Waals surface area contributed by atoms with Crippen LogP contribution in [-0.2, 0) is 17.1 Å². The highest BCUT2D eigenvalue weighted by Crippen LogP contribution is 2.37. The molecule has 0 atom stereocenters. The molecule has 0 aliphatic heterocycles. The van der Waals surface area contributed by atoms with Crippen molar-refractivity contribution in [1.82, 2.24) is 0 Å². The van der Waals surface area contributed by atoms with Crippen molar-refractivity contribution in [3.8, 4) is 11.8 Å². The zero-order valence-electron chi connectivity index (χ0n) is 15.5. The van der Waals surface area contributed by atoms with Gasteiger partial charge in [0.2, 0.25) is 0 Å². The monoisotopic (exact) mass is 463 g/mol. The number of methoxy groups -OCH3 is 1. The van der Waals surface area contributed by atoms with E-state index in [4.69, 9.17) is 21.6 Å². The molecule has 0 aromatic heterocycles. The number of alkyl halides is 6. The number of benzene rings is 2. The molecule has 0 aliphatic rings. The summed E-state index contributed by atoms with van der Waals surface area (Å²) in [5.74, 6) is -0.797. The van der Waals surface area contributed by atoms with Crippen LogP contribution in [0.3, 0.4) is 0 Å². The first-order chi connectivity index (χ1) is 14.3. The summed E-state index contributed by atoms with van der Waals surface area (Å²) in [6.45, 7) is 0. The fourth-order valence-electron chi connectivity index (χ4n) is 2.31. The Morgan fingerprint density at radius 3 is 2.13 bits per heavy atom. The molecule has 0 heterocycles. The quantitative estimate of drug-likeness (QED) is 0.332. The van der Waals surface area contributed by atoms with Gasteiger partial charge in [0.25, 0.3) is 5.91 Å². The van der Waals surface area contributed by atoms with Crippen LogP contribution in [0.15, 0.2) is 48.2 Å². The molecular formula is C19H12ClF6N3O2. The van der Waals surface area contributed by atoms with Gasteiger partial charge in [-0.2, -0.15) is 31.6 Å². The third-order valence-corrected chi connectivity index (χ3v) is 3.98. The fraction of sp³-hybridized carbons (Fsp3) is 0.158. The van der Waals surface area contributed by atoms with Crippen LogP contribution in [0.25, 0.3) is 0 Å². The maximum absolute atomic E-state index is 12.9. The number of nitrogens with zero attached hydrogens (tertiary/aromatic N) is 1. The minimum Gasteiger partial charge on any atom is -0.495 e. The predicted octanol–water partition coefficient (Wildman–Crippen LogP) is 5.84. The van der Waals surface area contributed by atoms with Crippen molar-refractivity contribution in [2.75, 3.05) is 17.7 Å². The average molecular weight is 464 g/mol. The molecule has 0 saturated carbocycles. The van der Waals surface area contributed by atoms with Gasteiger partial charge in [0.1, 0.15) is 17.4 Å². The number of carbonyl (C=O) groups excluding carboxylic acids is 1. The molecule has 0 saturated heterocycles. The third kappa shape index (κ3) is 6.29. The summed E-state index contributed by atoms with van der Waals surface area (Å²) in [6.07, 6.45) is -9.40. The number of nitriles is 1. The first kappa shape index (κ1) is 23.9. The first-order valence-corrected chi connectivity index (χ1v) is 8.54. The van der Waals surface area contributed by atoms with E-state index in [0.29, 0.717) is 18.3 Å². The number of amides is 1. The molecule has 2 N–H and O–H groups in total. The van der Waals surface area contributed by atoms with Crippen molar-refractivity contribution in [2.45, 2.75) is 12.4 Å². The van der Waals surface area contributed by atoms with Gasteiger partial charge in [0.15, 0.2) is 0 Å². The zero-order chi connectivity index (χ0) is 23.4. The Morgan fingerprint density at radius 1 is 1.06 bits per heavy atom. The maximum Gasteiger partial charge on any atom is 0.416 e. The molecule has 0 aliphatic carbocycles. The second kappa shape index (κ2) is 9.18. The van der Waals surface area contributed by atoms with E-state index in [0.717, 1.165) is 0 Å². The van der Waals surface area contributed by atoms with E-state index in [2.05, 4.69) is 10.6 Å². The first-order valence-electron chi connectivity index (χ1n) is 8.16. The number of ether oxygens (including phenoxy) is 1. The van der Waals surface area contributed by atoms with Crippen molar-refractivity contribution < 1.29 is 35.9 Å². The van der Waals surface area contributed by atoms with Gasteiger partial charge in [-0.05, 0) is 36.4 Å². The van der Waals surface area contributed by atoms with Crippen molar-refractivity contribution in [3.05, 3.63) is 64.3 Å². The highest BCUT2D eigenvalue weighted by molar-refractivity contribution is 6.31. The highest BCUT2D eigenvalue weighted by Gasteiger charge is 2.36. The third-order valence-electron chi connectivity index (χ3n) is 3.75. The van der Waals surface area contributed by atoms with E-state index in [1.807, 2.05) is 0 Å². The van der Waals surface area contributed by atoms with Crippen LogP contribution < -0.4 is 15.4 Å². The second-order valence-corrected chi connectivity index (χ2v) is 6.34. The highest BCUT2D eigenvalue weighted by atomic mass is 35.5. The summed E-state index contributed by atoms with van der Waals surface area (Å²) in [4.78, 5) is 12.3. The molecule has 0 unspecified atom stereocenters. The predicted molar refractivity (Wildman–Crippen MR) is 100 cm³/mol. The Bertz CT molecular complexity index is 1030. The molecule has 12 heteroatoms. The SMILES string of the molecule is COc1ccc(Cl)cc1NC(=O)/C(C#N)=C\Nc1cc(C(F)(F)F)cc(C(F)(F)F)c1. The number of nitrogens with one attached hydrogen (secondary N) is 2. The van der Waals surface area contributed by atoms with E-state index in [9.17, 15) is 31.1 Å². The van der Waals surface area contributed by atoms with Crippen LogP contribution in [0, 0.1) is 11.3 Å². The van der Waals surface area contributed by atoms with Crippen molar-refractivity contribution in [2.24, 2.45) is 0 Å². The van der Waals surface area contributed by atoms with Crippen LogP contribution in [0.4, 0.5) is 37.7 Å². The Labute approximate surface area is 176 Å². The van der Waals surface area contributed by atoms with E-state index < -0.39 is 40.6 Å². The van der Waals surface area contributed by atoms with E-state index >= 15 is 0 Å². The van der Waals surface area contributed by atoms with Crippen LogP contribution in [0.1, 0.15) is 11.1 Å². The lowest BCUT2D eigenvalue weighted by molar-refractivity contribution is -0.143. The molecule has 31 heavy (non-hydrogen) atoms. The Hall–Kier alpha value is -3.39. The molecule has 0 fully saturated rings. The van der Waals surface area contributed by atoms with Gasteiger partial charge in [-0.15, -0.1) is 0 Å². The summed E-state index contributed by atoms with van der Waals surface area (Å²) in [5.41, 5.74) is -4.26. The van der Waals surface area contributed by atoms with Gasteiger partial charge in [0.05, 0.1) is 23.9 Å². The van der Waals surface area contributed by atoms with Crippen molar-refractivity contribution in [1.29, 1.82) is 5.26 Å². The van der Waals surface area contributed by atoms with Crippen molar-refractivity contribution >= 4 is 28.9 Å². The molecule has 2 aromatic rings. The maximum atomic E-state index is 12.9. The van der Waals surface area contributed by atoms with Crippen molar-refractivity contribution in [3.63, 3.8) is 0 Å². The molecule has 1 amide bonds. The minimum absolute atomic E-state index is 0.0434. The van der Waals surface area contributed by atoms with Crippen LogP contribution in [0.5, 0.6) is 5.75 Å². The number of anilines is 2. The smallest absolute Gasteiger partial charge is 0.416 e. The Morgan fingerprint density at radius 2 is 1.65 bits per heavy atom. The largest absolute Gasteiger partial charge is 0.495 e. The summed E-state index contributed by atoms with van der Waals surface area (Å²) < 4.78 is 82.6. The van der Waals surface area contributed by atoms with Crippen LogP contribution >= 0.6 is 11.6 Å². The fourth-order valence-corrected chi connectivity index (χ4v) is 2.48. The minimum atomic E-state index is -5.04. The van der Waals surface area contributed by atoms with Gasteiger partial charge in [0, 0.05) is 16.9 Å². The molecule has 2 aromatic carbocycles. The van der Waals surface area contributed by atoms with Crippen LogP contribution in [-0.4, -0.2) is 13.0 Å². The summed E-state index contributed by atoms with van der Waals surface area (Å²) in [7, 11) is 1.31. The lowest BCUT2D eigenvalue weighted by atomic mass is 10.1. The Kier molecular flexibility index (Phi) is 7.07. The normalized spacial score (nSPS) is 12.2.